The molecule has 1 aromatic rings. The maximum atomic E-state index is 11.4. The van der Waals surface area contributed by atoms with Gasteiger partial charge >= 0.3 is 0 Å². The second kappa shape index (κ2) is 5.74. The highest BCUT2D eigenvalue weighted by molar-refractivity contribution is 5.93. The number of nitrogens with two attached hydrogens (primary N) is 1. The number of nitrogens with one attached hydrogen (secondary N) is 1. The summed E-state index contributed by atoms with van der Waals surface area (Å²) in [6.07, 6.45) is 3.96. The van der Waals surface area contributed by atoms with Gasteiger partial charge in [0.15, 0.2) is 0 Å². The Morgan fingerprint density at radius 2 is 2.00 bits per heavy atom. The smallest absolute Gasteiger partial charge is 0.251 e. The number of rotatable bonds is 5. The summed E-state index contributed by atoms with van der Waals surface area (Å²) in [5, 5.41) is 2.68. The zero-order chi connectivity index (χ0) is 11.1. The molecule has 15 heavy (non-hydrogen) atoms. The molecule has 0 fully saturated rings. The zero-order valence-electron chi connectivity index (χ0n) is 8.27. The second-order valence-corrected chi connectivity index (χ2v) is 3.06. The Labute approximate surface area is 87.7 Å². The minimum Gasteiger partial charge on any atom is -0.370 e. The Morgan fingerprint density at radius 1 is 1.33 bits per heavy atom. The van der Waals surface area contributed by atoms with Gasteiger partial charge in [0.25, 0.3) is 5.91 Å². The SMILES string of the molecule is NC(=O)CCCNC(=O)c1ccncc1. The van der Waals surface area contributed by atoms with Gasteiger partial charge in [-0.3, -0.25) is 14.6 Å². The number of hydrogen-bond donors (Lipinski definition) is 2. The van der Waals surface area contributed by atoms with Crippen molar-refractivity contribution in [3.63, 3.8) is 0 Å². The standard InChI is InChI=1S/C10H13N3O2/c11-9(14)2-1-5-13-10(15)8-3-6-12-7-4-8/h3-4,6-7H,1-2,5H2,(H2,11,14)(H,13,15). The van der Waals surface area contributed by atoms with Gasteiger partial charge in [-0.25, -0.2) is 0 Å². The predicted molar refractivity (Wildman–Crippen MR) is 55.0 cm³/mol. The summed E-state index contributed by atoms with van der Waals surface area (Å²) in [5.74, 6) is -0.518. The van der Waals surface area contributed by atoms with Crippen molar-refractivity contribution in [3.05, 3.63) is 30.1 Å². The number of aromatic nitrogens is 1. The molecule has 0 aromatic carbocycles. The van der Waals surface area contributed by atoms with E-state index < -0.39 is 0 Å². The summed E-state index contributed by atoms with van der Waals surface area (Å²) in [5.41, 5.74) is 5.52. The molecule has 80 valence electrons. The summed E-state index contributed by atoms with van der Waals surface area (Å²) < 4.78 is 0. The Kier molecular flexibility index (Phi) is 4.28. The van der Waals surface area contributed by atoms with Crippen LogP contribution >= 0.6 is 0 Å². The molecular formula is C10H13N3O2. The quantitative estimate of drug-likeness (QED) is 0.670. The maximum absolute atomic E-state index is 11.4. The molecule has 0 spiro atoms. The highest BCUT2D eigenvalue weighted by Crippen LogP contribution is 1.95. The maximum Gasteiger partial charge on any atom is 0.251 e. The van der Waals surface area contributed by atoms with E-state index in [1.807, 2.05) is 0 Å². The Balaban J connectivity index is 2.28. The third-order valence-electron chi connectivity index (χ3n) is 1.83. The summed E-state index contributed by atoms with van der Waals surface area (Å²) in [6.45, 7) is 0.449. The van der Waals surface area contributed by atoms with Gasteiger partial charge in [0.2, 0.25) is 5.91 Å². The zero-order valence-corrected chi connectivity index (χ0v) is 8.27. The minimum absolute atomic E-state index is 0.165. The van der Waals surface area contributed by atoms with E-state index in [2.05, 4.69) is 10.3 Å². The molecule has 2 amide bonds. The monoisotopic (exact) mass is 207 g/mol. The Morgan fingerprint density at radius 3 is 2.60 bits per heavy atom. The molecule has 1 heterocycles. The molecule has 5 heteroatoms. The van der Waals surface area contributed by atoms with Crippen LogP contribution in [0, 0.1) is 0 Å². The van der Waals surface area contributed by atoms with E-state index in [0.717, 1.165) is 0 Å². The van der Waals surface area contributed by atoms with Crippen LogP contribution in [0.1, 0.15) is 23.2 Å². The highest BCUT2D eigenvalue weighted by atomic mass is 16.2. The molecule has 0 unspecified atom stereocenters. The van der Waals surface area contributed by atoms with Crippen molar-refractivity contribution in [1.82, 2.24) is 10.3 Å². The number of nitrogens with zero attached hydrogens (tertiary/aromatic N) is 1. The number of primary amides is 1. The van der Waals surface area contributed by atoms with E-state index in [9.17, 15) is 9.59 Å². The van der Waals surface area contributed by atoms with Crippen molar-refractivity contribution >= 4 is 11.8 Å². The molecule has 0 radical (unpaired) electrons. The molecule has 1 rings (SSSR count). The first-order chi connectivity index (χ1) is 7.20. The van der Waals surface area contributed by atoms with Crippen molar-refractivity contribution in [1.29, 1.82) is 0 Å². The van der Waals surface area contributed by atoms with Crippen molar-refractivity contribution < 1.29 is 9.59 Å². The molecule has 0 bridgehead atoms. The first kappa shape index (κ1) is 11.2. The van der Waals surface area contributed by atoms with Crippen molar-refractivity contribution in [2.24, 2.45) is 5.73 Å². The lowest BCUT2D eigenvalue weighted by Gasteiger charge is -2.03. The number of carbonyl (C=O) groups is 2. The van der Waals surface area contributed by atoms with Gasteiger partial charge in [-0.05, 0) is 18.6 Å². The number of hydrogen-bond acceptors (Lipinski definition) is 3. The summed E-state index contributed by atoms with van der Waals surface area (Å²) in [4.78, 5) is 25.7. The summed E-state index contributed by atoms with van der Waals surface area (Å²) >= 11 is 0. The average molecular weight is 207 g/mol. The van der Waals surface area contributed by atoms with Gasteiger partial charge in [0.05, 0.1) is 0 Å². The Hall–Kier alpha value is -1.91. The lowest BCUT2D eigenvalue weighted by molar-refractivity contribution is -0.118. The van der Waals surface area contributed by atoms with E-state index in [1.165, 1.54) is 0 Å². The van der Waals surface area contributed by atoms with Crippen LogP contribution in [-0.2, 0) is 4.79 Å². The molecule has 0 atom stereocenters. The largest absolute Gasteiger partial charge is 0.370 e. The van der Waals surface area contributed by atoms with Gasteiger partial charge in [0, 0.05) is 30.9 Å². The van der Waals surface area contributed by atoms with Crippen molar-refractivity contribution in [2.75, 3.05) is 6.54 Å². The molecular weight excluding hydrogens is 194 g/mol. The van der Waals surface area contributed by atoms with Gasteiger partial charge in [-0.1, -0.05) is 0 Å². The molecule has 0 aliphatic carbocycles. The van der Waals surface area contributed by atoms with Crippen LogP contribution in [0.15, 0.2) is 24.5 Å². The second-order valence-electron chi connectivity index (χ2n) is 3.06. The Bertz CT molecular complexity index is 338. The fraction of sp³-hybridized carbons (Fsp3) is 0.300. The number of amides is 2. The van der Waals surface area contributed by atoms with Crippen LogP contribution in [0.4, 0.5) is 0 Å². The number of carbonyl (C=O) groups excluding carboxylic acids is 2. The lowest BCUT2D eigenvalue weighted by Crippen LogP contribution is -2.25. The third kappa shape index (κ3) is 4.21. The predicted octanol–water partition coefficient (Wildman–Crippen LogP) is 0.0769. The first-order valence-corrected chi connectivity index (χ1v) is 4.66. The summed E-state index contributed by atoms with van der Waals surface area (Å²) in [6, 6.07) is 3.26. The highest BCUT2D eigenvalue weighted by Gasteiger charge is 2.03. The molecule has 1 aromatic heterocycles. The van der Waals surface area contributed by atoms with E-state index in [1.54, 1.807) is 24.5 Å². The van der Waals surface area contributed by atoms with Crippen LogP contribution in [0.5, 0.6) is 0 Å². The van der Waals surface area contributed by atoms with Crippen LogP contribution < -0.4 is 11.1 Å². The van der Waals surface area contributed by atoms with Gasteiger partial charge < -0.3 is 11.1 Å². The normalized spacial score (nSPS) is 9.60. The van der Waals surface area contributed by atoms with Gasteiger partial charge in [-0.15, -0.1) is 0 Å². The van der Waals surface area contributed by atoms with E-state index >= 15 is 0 Å². The van der Waals surface area contributed by atoms with E-state index in [4.69, 9.17) is 5.73 Å². The first-order valence-electron chi connectivity index (χ1n) is 4.66. The van der Waals surface area contributed by atoms with Crippen molar-refractivity contribution in [3.8, 4) is 0 Å². The molecule has 5 nitrogen and oxygen atoms in total. The van der Waals surface area contributed by atoms with Crippen LogP contribution in [0.2, 0.25) is 0 Å². The van der Waals surface area contributed by atoms with Gasteiger partial charge in [0.1, 0.15) is 0 Å². The third-order valence-corrected chi connectivity index (χ3v) is 1.83. The molecule has 0 aliphatic heterocycles. The average Bonchev–Trinajstić information content (AvgIpc) is 2.25. The van der Waals surface area contributed by atoms with E-state index in [-0.39, 0.29) is 18.2 Å². The minimum atomic E-state index is -0.354. The fourth-order valence-electron chi connectivity index (χ4n) is 1.07. The van der Waals surface area contributed by atoms with Crippen LogP contribution in [0.25, 0.3) is 0 Å². The van der Waals surface area contributed by atoms with Gasteiger partial charge in [-0.2, -0.15) is 0 Å². The molecule has 0 saturated heterocycles. The van der Waals surface area contributed by atoms with Crippen molar-refractivity contribution in [2.45, 2.75) is 12.8 Å². The van der Waals surface area contributed by atoms with Crippen LogP contribution in [0.3, 0.4) is 0 Å². The summed E-state index contributed by atoms with van der Waals surface area (Å²) in [7, 11) is 0. The molecule has 0 saturated carbocycles. The molecule has 0 aliphatic rings. The number of pyridine rings is 1. The fourth-order valence-corrected chi connectivity index (χ4v) is 1.07. The van der Waals surface area contributed by atoms with Crippen LogP contribution in [-0.4, -0.2) is 23.3 Å². The lowest BCUT2D eigenvalue weighted by atomic mass is 10.2. The molecule has 3 N–H and O–H groups in total. The van der Waals surface area contributed by atoms with E-state index in [0.29, 0.717) is 18.5 Å². The topological polar surface area (TPSA) is 85.1 Å².